The van der Waals surface area contributed by atoms with E-state index in [2.05, 4.69) is 31.2 Å². The summed E-state index contributed by atoms with van der Waals surface area (Å²) >= 11 is 3.29. The average Bonchev–Trinajstić information content (AvgIpc) is 2.35. The van der Waals surface area contributed by atoms with Gasteiger partial charge in [0, 0.05) is 24.7 Å². The van der Waals surface area contributed by atoms with Crippen LogP contribution in [0.2, 0.25) is 0 Å². The van der Waals surface area contributed by atoms with Gasteiger partial charge < -0.3 is 5.32 Å². The predicted molar refractivity (Wildman–Crippen MR) is 74.9 cm³/mol. The molecule has 0 fully saturated rings. The van der Waals surface area contributed by atoms with E-state index in [0.717, 1.165) is 5.56 Å². The summed E-state index contributed by atoms with van der Waals surface area (Å²) < 4.78 is 0.696. The third-order valence-corrected chi connectivity index (χ3v) is 2.81. The van der Waals surface area contributed by atoms with Crippen LogP contribution < -0.4 is 5.32 Å². The molecule has 0 spiro atoms. The normalized spacial score (nSPS) is 10.2. The molecule has 0 aliphatic rings. The van der Waals surface area contributed by atoms with E-state index in [1.54, 1.807) is 19.1 Å². The maximum Gasteiger partial charge on any atom is 0.269 e. The van der Waals surface area contributed by atoms with Crippen LogP contribution in [0.3, 0.4) is 0 Å². The number of aromatic nitrogens is 2. The molecule has 0 saturated heterocycles. The van der Waals surface area contributed by atoms with Gasteiger partial charge in [-0.3, -0.25) is 10.1 Å². The van der Waals surface area contributed by atoms with E-state index in [1.165, 1.54) is 12.1 Å². The van der Waals surface area contributed by atoms with Gasteiger partial charge in [0.25, 0.3) is 5.69 Å². The summed E-state index contributed by atoms with van der Waals surface area (Å²) in [6.07, 6.45) is 0. The fraction of sp³-hybridized carbons (Fsp3) is 0.167. The highest BCUT2D eigenvalue weighted by atomic mass is 79.9. The molecule has 1 aromatic carbocycles. The summed E-state index contributed by atoms with van der Waals surface area (Å²) in [5, 5.41) is 13.8. The summed E-state index contributed by atoms with van der Waals surface area (Å²) in [6.45, 7) is 2.26. The van der Waals surface area contributed by atoms with Crippen LogP contribution in [0.15, 0.2) is 34.9 Å². The molecule has 1 heterocycles. The van der Waals surface area contributed by atoms with Gasteiger partial charge >= 0.3 is 0 Å². The first-order valence-electron chi connectivity index (χ1n) is 5.53. The molecule has 0 radical (unpaired) electrons. The van der Waals surface area contributed by atoms with E-state index in [1.807, 2.05) is 6.07 Å². The molecule has 0 unspecified atom stereocenters. The number of nitro benzene ring substituents is 1. The van der Waals surface area contributed by atoms with Gasteiger partial charge in [-0.05, 0) is 28.4 Å². The fourth-order valence-corrected chi connectivity index (χ4v) is 2.07. The Hall–Kier alpha value is -2.02. The second-order valence-corrected chi connectivity index (χ2v) is 4.72. The molecular formula is C12H11BrN4O2. The first kappa shape index (κ1) is 13.4. The number of benzene rings is 1. The van der Waals surface area contributed by atoms with Gasteiger partial charge in [-0.15, -0.1) is 0 Å². The zero-order valence-corrected chi connectivity index (χ0v) is 11.7. The van der Waals surface area contributed by atoms with Crippen molar-refractivity contribution >= 4 is 27.4 Å². The van der Waals surface area contributed by atoms with Gasteiger partial charge in [0.2, 0.25) is 0 Å². The quantitative estimate of drug-likeness (QED) is 0.531. The van der Waals surface area contributed by atoms with Gasteiger partial charge in [0.15, 0.2) is 0 Å². The van der Waals surface area contributed by atoms with Crippen LogP contribution in [0.5, 0.6) is 0 Å². The molecule has 1 aromatic heterocycles. The smallest absolute Gasteiger partial charge is 0.269 e. The number of nitro groups is 1. The van der Waals surface area contributed by atoms with Crippen LogP contribution in [-0.4, -0.2) is 14.9 Å². The Balaban J connectivity index is 2.10. The first-order chi connectivity index (χ1) is 9.04. The number of aryl methyl sites for hydroxylation is 1. The summed E-state index contributed by atoms with van der Waals surface area (Å²) in [5.74, 6) is 1.32. The number of hydrogen-bond acceptors (Lipinski definition) is 5. The highest BCUT2D eigenvalue weighted by molar-refractivity contribution is 9.10. The van der Waals surface area contributed by atoms with Crippen LogP contribution in [0, 0.1) is 17.0 Å². The highest BCUT2D eigenvalue weighted by Gasteiger charge is 2.06. The van der Waals surface area contributed by atoms with Crippen molar-refractivity contribution in [2.45, 2.75) is 13.5 Å². The topological polar surface area (TPSA) is 81.0 Å². The van der Waals surface area contributed by atoms with Crippen LogP contribution in [0.1, 0.15) is 11.4 Å². The maximum absolute atomic E-state index is 10.7. The molecule has 7 heteroatoms. The van der Waals surface area contributed by atoms with Crippen LogP contribution >= 0.6 is 15.9 Å². The van der Waals surface area contributed by atoms with Crippen molar-refractivity contribution in [3.8, 4) is 0 Å². The zero-order valence-electron chi connectivity index (χ0n) is 10.1. The second kappa shape index (κ2) is 5.75. The fourth-order valence-electron chi connectivity index (χ4n) is 1.59. The lowest BCUT2D eigenvalue weighted by atomic mass is 10.2. The van der Waals surface area contributed by atoms with E-state index in [9.17, 15) is 10.1 Å². The Morgan fingerprint density at radius 1 is 1.37 bits per heavy atom. The van der Waals surface area contributed by atoms with Crippen molar-refractivity contribution in [2.75, 3.05) is 5.32 Å². The van der Waals surface area contributed by atoms with E-state index in [-0.39, 0.29) is 5.69 Å². The van der Waals surface area contributed by atoms with E-state index in [0.29, 0.717) is 22.8 Å². The standard InChI is InChI=1S/C12H11BrN4O2/c1-8-15-11(13)6-12(16-8)14-7-9-3-2-4-10(5-9)17(18)19/h2-6H,7H2,1H3,(H,14,15,16). The van der Waals surface area contributed by atoms with Crippen LogP contribution in [0.25, 0.3) is 0 Å². The number of hydrogen-bond donors (Lipinski definition) is 1. The van der Waals surface area contributed by atoms with Crippen LogP contribution in [-0.2, 0) is 6.54 Å². The third kappa shape index (κ3) is 3.72. The van der Waals surface area contributed by atoms with Gasteiger partial charge in [-0.25, -0.2) is 9.97 Å². The molecule has 19 heavy (non-hydrogen) atoms. The van der Waals surface area contributed by atoms with Crippen molar-refractivity contribution in [3.05, 3.63) is 56.4 Å². The number of non-ortho nitro benzene ring substituents is 1. The van der Waals surface area contributed by atoms with Crippen molar-refractivity contribution in [1.29, 1.82) is 0 Å². The third-order valence-electron chi connectivity index (χ3n) is 2.40. The van der Waals surface area contributed by atoms with Crippen molar-refractivity contribution in [3.63, 3.8) is 0 Å². The minimum absolute atomic E-state index is 0.0827. The van der Waals surface area contributed by atoms with E-state index >= 15 is 0 Å². The SMILES string of the molecule is Cc1nc(Br)cc(NCc2cccc([N+](=O)[O-])c2)n1. The lowest BCUT2D eigenvalue weighted by Gasteiger charge is -2.06. The Bertz CT molecular complexity index is 598. The molecule has 0 aliphatic heterocycles. The van der Waals surface area contributed by atoms with Gasteiger partial charge in [-0.2, -0.15) is 0 Å². The summed E-state index contributed by atoms with van der Waals surface area (Å²) in [7, 11) is 0. The largest absolute Gasteiger partial charge is 0.366 e. The van der Waals surface area contributed by atoms with Gasteiger partial charge in [0.1, 0.15) is 16.2 Å². The highest BCUT2D eigenvalue weighted by Crippen LogP contribution is 2.16. The molecule has 1 N–H and O–H groups in total. The zero-order chi connectivity index (χ0) is 13.8. The maximum atomic E-state index is 10.7. The monoisotopic (exact) mass is 322 g/mol. The molecule has 0 atom stereocenters. The predicted octanol–water partition coefficient (Wildman–Crippen LogP) is 3.07. The van der Waals surface area contributed by atoms with Crippen molar-refractivity contribution in [1.82, 2.24) is 9.97 Å². The second-order valence-electron chi connectivity index (χ2n) is 3.90. The lowest BCUT2D eigenvalue weighted by molar-refractivity contribution is -0.384. The average molecular weight is 323 g/mol. The van der Waals surface area contributed by atoms with Gasteiger partial charge in [-0.1, -0.05) is 12.1 Å². The molecule has 0 bridgehead atoms. The number of anilines is 1. The number of nitrogens with one attached hydrogen (secondary N) is 1. The Labute approximate surface area is 118 Å². The number of halogens is 1. The Morgan fingerprint density at radius 2 is 2.16 bits per heavy atom. The minimum atomic E-state index is -0.408. The first-order valence-corrected chi connectivity index (χ1v) is 6.32. The molecule has 0 amide bonds. The molecule has 0 aliphatic carbocycles. The molecular weight excluding hydrogens is 312 g/mol. The van der Waals surface area contributed by atoms with Crippen LogP contribution in [0.4, 0.5) is 11.5 Å². The Kier molecular flexibility index (Phi) is 4.06. The van der Waals surface area contributed by atoms with E-state index < -0.39 is 4.92 Å². The summed E-state index contributed by atoms with van der Waals surface area (Å²) in [5.41, 5.74) is 0.904. The molecule has 2 rings (SSSR count). The van der Waals surface area contributed by atoms with E-state index in [4.69, 9.17) is 0 Å². The van der Waals surface area contributed by atoms with Crippen molar-refractivity contribution in [2.24, 2.45) is 0 Å². The lowest BCUT2D eigenvalue weighted by Crippen LogP contribution is -2.03. The molecule has 0 saturated carbocycles. The molecule has 6 nitrogen and oxygen atoms in total. The number of nitrogens with zero attached hydrogens (tertiary/aromatic N) is 3. The Morgan fingerprint density at radius 3 is 2.84 bits per heavy atom. The molecule has 2 aromatic rings. The van der Waals surface area contributed by atoms with Gasteiger partial charge in [0.05, 0.1) is 4.92 Å². The minimum Gasteiger partial charge on any atom is -0.366 e. The van der Waals surface area contributed by atoms with Crippen molar-refractivity contribution < 1.29 is 4.92 Å². The summed E-state index contributed by atoms with van der Waals surface area (Å²) in [4.78, 5) is 18.6. The number of rotatable bonds is 4. The summed E-state index contributed by atoms with van der Waals surface area (Å²) in [6, 6.07) is 8.24. The molecule has 98 valence electrons.